The van der Waals surface area contributed by atoms with Crippen LogP contribution in [0, 0.1) is 0 Å². The standard InChI is InChI=1S/C21H22ClN3O2S/c1-21(2,3)28(26)25-18(19-20(22)24-14-13-23-19)15-9-11-17(12-10-15)27-16-7-5-4-6-8-16/h4-14,18,25H,1-3H3. The highest BCUT2D eigenvalue weighted by atomic mass is 35.5. The van der Waals surface area contributed by atoms with Gasteiger partial charge in [0.05, 0.1) is 0 Å². The van der Waals surface area contributed by atoms with E-state index in [0.29, 0.717) is 11.4 Å². The maximum Gasteiger partial charge on any atom is 0.152 e. The highest BCUT2D eigenvalue weighted by Crippen LogP contribution is 2.30. The van der Waals surface area contributed by atoms with Crippen LogP contribution in [0.1, 0.15) is 38.1 Å². The van der Waals surface area contributed by atoms with Crippen LogP contribution in [0.25, 0.3) is 0 Å². The van der Waals surface area contributed by atoms with Crippen molar-refractivity contribution in [1.82, 2.24) is 14.7 Å². The average molecular weight is 416 g/mol. The molecule has 0 fully saturated rings. The number of rotatable bonds is 6. The molecule has 3 aromatic rings. The van der Waals surface area contributed by atoms with Gasteiger partial charge in [-0.1, -0.05) is 41.9 Å². The van der Waals surface area contributed by atoms with Gasteiger partial charge in [0, 0.05) is 23.8 Å². The number of aromatic nitrogens is 2. The summed E-state index contributed by atoms with van der Waals surface area (Å²) in [5.74, 6) is 1.46. The van der Waals surface area contributed by atoms with Crippen molar-refractivity contribution in [3.8, 4) is 11.5 Å². The predicted octanol–water partition coefficient (Wildman–Crippen LogP) is 5.06. The highest BCUT2D eigenvalue weighted by molar-refractivity contribution is 7.90. The van der Waals surface area contributed by atoms with Gasteiger partial charge >= 0.3 is 0 Å². The molecule has 1 heterocycles. The van der Waals surface area contributed by atoms with Gasteiger partial charge in [-0.2, -0.15) is 0 Å². The van der Waals surface area contributed by atoms with Crippen LogP contribution >= 0.6 is 11.6 Å². The smallest absolute Gasteiger partial charge is 0.152 e. The molecule has 0 amide bonds. The zero-order chi connectivity index (χ0) is 20.1. The summed E-state index contributed by atoms with van der Waals surface area (Å²) in [4.78, 5) is 8.47. The van der Waals surface area contributed by atoms with Gasteiger partial charge in [0.25, 0.3) is 0 Å². The first-order valence-corrected chi connectivity index (χ1v) is 10.3. The second kappa shape index (κ2) is 8.92. The topological polar surface area (TPSA) is 70.1 Å². The molecule has 0 aliphatic rings. The quantitative estimate of drug-likeness (QED) is 0.569. The van der Waals surface area contributed by atoms with Crippen molar-refractivity contribution < 1.29 is 9.29 Å². The molecule has 1 aromatic heterocycles. The van der Waals surface area contributed by atoms with Crippen LogP contribution in [0.3, 0.4) is 0 Å². The molecule has 2 aromatic carbocycles. The summed E-state index contributed by atoms with van der Waals surface area (Å²) in [6.45, 7) is 5.72. The largest absolute Gasteiger partial charge is 0.598 e. The maximum absolute atomic E-state index is 12.7. The summed E-state index contributed by atoms with van der Waals surface area (Å²) in [6, 6.07) is 16.6. The molecule has 0 aliphatic heterocycles. The number of nitrogens with one attached hydrogen (secondary N) is 1. The van der Waals surface area contributed by atoms with E-state index in [1.165, 1.54) is 6.20 Å². The van der Waals surface area contributed by atoms with Gasteiger partial charge in [-0.15, -0.1) is 4.72 Å². The van der Waals surface area contributed by atoms with Crippen LogP contribution in [0.4, 0.5) is 0 Å². The molecule has 0 spiro atoms. The second-order valence-corrected chi connectivity index (χ2v) is 9.50. The molecule has 146 valence electrons. The van der Waals surface area contributed by atoms with Crippen LogP contribution < -0.4 is 9.46 Å². The Morgan fingerprint density at radius 1 is 0.964 bits per heavy atom. The normalized spacial score (nSPS) is 13.8. The lowest BCUT2D eigenvalue weighted by Gasteiger charge is -2.28. The summed E-state index contributed by atoms with van der Waals surface area (Å²) in [5, 5.41) is 0.274. The van der Waals surface area contributed by atoms with Gasteiger partial charge in [-0.05, 0) is 50.6 Å². The van der Waals surface area contributed by atoms with E-state index in [9.17, 15) is 4.55 Å². The number of nitrogens with zero attached hydrogens (tertiary/aromatic N) is 2. The summed E-state index contributed by atoms with van der Waals surface area (Å²) in [7, 11) is 0. The Morgan fingerprint density at radius 2 is 1.57 bits per heavy atom. The van der Waals surface area contributed by atoms with E-state index in [1.807, 2.05) is 75.4 Å². The molecule has 0 saturated heterocycles. The molecule has 0 radical (unpaired) electrons. The molecule has 1 N–H and O–H groups in total. The first-order chi connectivity index (χ1) is 13.3. The van der Waals surface area contributed by atoms with Gasteiger partial charge in [0.15, 0.2) is 5.15 Å². The van der Waals surface area contributed by atoms with Crippen LogP contribution in [0.2, 0.25) is 5.15 Å². The minimum absolute atomic E-state index is 0.274. The number of ether oxygens (including phenoxy) is 1. The van der Waals surface area contributed by atoms with Gasteiger partial charge in [0.1, 0.15) is 28.0 Å². The molecule has 5 nitrogen and oxygen atoms in total. The van der Waals surface area contributed by atoms with Gasteiger partial charge in [-0.25, -0.2) is 4.98 Å². The number of para-hydroxylation sites is 1. The Kier molecular flexibility index (Phi) is 6.57. The molecule has 7 heteroatoms. The molecular formula is C21H22ClN3O2S. The van der Waals surface area contributed by atoms with Gasteiger partial charge in [-0.3, -0.25) is 4.98 Å². The monoisotopic (exact) mass is 415 g/mol. The van der Waals surface area contributed by atoms with E-state index in [0.717, 1.165) is 11.3 Å². The van der Waals surface area contributed by atoms with E-state index in [2.05, 4.69) is 14.7 Å². The molecule has 0 aliphatic carbocycles. The van der Waals surface area contributed by atoms with E-state index < -0.39 is 22.2 Å². The highest BCUT2D eigenvalue weighted by Gasteiger charge is 2.32. The van der Waals surface area contributed by atoms with Gasteiger partial charge < -0.3 is 9.29 Å². The van der Waals surface area contributed by atoms with Crippen molar-refractivity contribution in [1.29, 1.82) is 0 Å². The minimum atomic E-state index is -1.32. The Balaban J connectivity index is 1.88. The summed E-state index contributed by atoms with van der Waals surface area (Å²) in [5.41, 5.74) is 1.39. The number of hydrogen-bond donors (Lipinski definition) is 1. The Morgan fingerprint density at radius 3 is 2.18 bits per heavy atom. The fraction of sp³-hybridized carbons (Fsp3) is 0.238. The Labute approximate surface area is 173 Å². The van der Waals surface area contributed by atoms with Crippen LogP contribution in [0.5, 0.6) is 11.5 Å². The van der Waals surface area contributed by atoms with Crippen molar-refractivity contribution in [2.45, 2.75) is 31.6 Å². The Hall–Kier alpha value is -2.12. The van der Waals surface area contributed by atoms with Gasteiger partial charge in [0.2, 0.25) is 0 Å². The lowest BCUT2D eigenvalue weighted by molar-refractivity contribution is 0.482. The third kappa shape index (κ3) is 5.23. The maximum atomic E-state index is 12.7. The average Bonchev–Trinajstić information content (AvgIpc) is 2.67. The zero-order valence-corrected chi connectivity index (χ0v) is 17.5. The van der Waals surface area contributed by atoms with Crippen molar-refractivity contribution >= 4 is 23.0 Å². The third-order valence-corrected chi connectivity index (χ3v) is 5.78. The van der Waals surface area contributed by atoms with Crippen LogP contribution in [-0.4, -0.2) is 19.3 Å². The van der Waals surface area contributed by atoms with E-state index >= 15 is 0 Å². The first kappa shape index (κ1) is 20.6. The zero-order valence-electron chi connectivity index (χ0n) is 15.9. The second-order valence-electron chi connectivity index (χ2n) is 7.15. The Bertz CT molecular complexity index is 902. The van der Waals surface area contributed by atoms with Crippen LogP contribution in [0.15, 0.2) is 67.0 Å². The van der Waals surface area contributed by atoms with E-state index in [1.54, 1.807) is 6.20 Å². The molecule has 2 atom stereocenters. The van der Waals surface area contributed by atoms with E-state index in [4.69, 9.17) is 16.3 Å². The summed E-state index contributed by atoms with van der Waals surface area (Å²) in [6.07, 6.45) is 3.10. The number of halogens is 1. The lowest BCUT2D eigenvalue weighted by Crippen LogP contribution is -2.41. The fourth-order valence-corrected chi connectivity index (χ4v) is 3.47. The number of benzene rings is 2. The number of hydrogen-bond acceptors (Lipinski definition) is 5. The van der Waals surface area contributed by atoms with Crippen molar-refractivity contribution in [3.63, 3.8) is 0 Å². The lowest BCUT2D eigenvalue weighted by atomic mass is 10.0. The van der Waals surface area contributed by atoms with Crippen molar-refractivity contribution in [2.75, 3.05) is 0 Å². The van der Waals surface area contributed by atoms with Crippen molar-refractivity contribution in [2.24, 2.45) is 0 Å². The van der Waals surface area contributed by atoms with Crippen molar-refractivity contribution in [3.05, 3.63) is 83.4 Å². The fourth-order valence-electron chi connectivity index (χ4n) is 2.44. The minimum Gasteiger partial charge on any atom is -0.598 e. The SMILES string of the molecule is CC(C)(C)[S+]([O-])NC(c1ccc(Oc2ccccc2)cc1)c1nccnc1Cl. The first-order valence-electron chi connectivity index (χ1n) is 8.82. The molecule has 2 unspecified atom stereocenters. The molecule has 0 saturated carbocycles. The van der Waals surface area contributed by atoms with E-state index in [-0.39, 0.29) is 5.15 Å². The summed E-state index contributed by atoms with van der Waals surface area (Å²) < 4.78 is 21.3. The predicted molar refractivity (Wildman–Crippen MR) is 113 cm³/mol. The molecule has 28 heavy (non-hydrogen) atoms. The third-order valence-electron chi connectivity index (χ3n) is 3.93. The molecular weight excluding hydrogens is 394 g/mol. The summed E-state index contributed by atoms with van der Waals surface area (Å²) >= 11 is 4.95. The van der Waals surface area contributed by atoms with Crippen LogP contribution in [-0.2, 0) is 11.4 Å². The molecule has 0 bridgehead atoms. The molecule has 3 rings (SSSR count).